The van der Waals surface area contributed by atoms with Crippen LogP contribution in [0.5, 0.6) is 11.5 Å². The molecule has 28 heavy (non-hydrogen) atoms. The maximum atomic E-state index is 11.4. The number of hydrogen-bond acceptors (Lipinski definition) is 8. The van der Waals surface area contributed by atoms with Gasteiger partial charge in [0.1, 0.15) is 11.5 Å². The number of fused-ring (bicyclic) bond motifs is 2. The predicted octanol–water partition coefficient (Wildman–Crippen LogP) is 4.19. The van der Waals surface area contributed by atoms with E-state index in [0.717, 1.165) is 19.6 Å². The molecule has 0 N–H and O–H groups in total. The first-order valence-corrected chi connectivity index (χ1v) is 10.4. The fourth-order valence-corrected chi connectivity index (χ4v) is 4.66. The van der Waals surface area contributed by atoms with Crippen molar-refractivity contribution in [2.75, 3.05) is 26.4 Å². The second-order valence-electron chi connectivity index (χ2n) is 5.61. The second kappa shape index (κ2) is 9.75. The SMILES string of the molecule is CCOC(=O)COc1ccc2c(c1)Sc1ccc(OCC(=O)OCC)cc1S2. The Bertz CT molecular complexity index is 796. The average Bonchev–Trinajstić information content (AvgIpc) is 2.69. The van der Waals surface area contributed by atoms with Gasteiger partial charge in [-0.2, -0.15) is 0 Å². The molecular weight excluding hydrogens is 400 g/mol. The molecule has 1 heterocycles. The fraction of sp³-hybridized carbons (Fsp3) is 0.300. The molecule has 0 spiro atoms. The van der Waals surface area contributed by atoms with Crippen molar-refractivity contribution in [3.63, 3.8) is 0 Å². The normalized spacial score (nSPS) is 11.8. The summed E-state index contributed by atoms with van der Waals surface area (Å²) in [6.45, 7) is 3.97. The molecule has 0 aliphatic carbocycles. The summed E-state index contributed by atoms with van der Waals surface area (Å²) >= 11 is 3.24. The van der Waals surface area contributed by atoms with Crippen molar-refractivity contribution in [2.24, 2.45) is 0 Å². The molecule has 0 saturated carbocycles. The molecule has 0 radical (unpaired) electrons. The molecule has 0 unspecified atom stereocenters. The van der Waals surface area contributed by atoms with E-state index >= 15 is 0 Å². The van der Waals surface area contributed by atoms with Crippen molar-refractivity contribution in [3.05, 3.63) is 36.4 Å². The van der Waals surface area contributed by atoms with Gasteiger partial charge in [-0.15, -0.1) is 0 Å². The van der Waals surface area contributed by atoms with E-state index in [1.807, 2.05) is 36.4 Å². The van der Waals surface area contributed by atoms with Crippen molar-refractivity contribution in [3.8, 4) is 11.5 Å². The van der Waals surface area contributed by atoms with Crippen LogP contribution in [0, 0.1) is 0 Å². The van der Waals surface area contributed by atoms with Gasteiger partial charge >= 0.3 is 11.9 Å². The molecule has 0 atom stereocenters. The summed E-state index contributed by atoms with van der Waals surface area (Å²) in [4.78, 5) is 27.2. The first-order chi connectivity index (χ1) is 13.6. The highest BCUT2D eigenvalue weighted by molar-refractivity contribution is 8.05. The molecule has 0 saturated heterocycles. The maximum Gasteiger partial charge on any atom is 0.344 e. The monoisotopic (exact) mass is 420 g/mol. The number of carbonyl (C=O) groups is 2. The van der Waals surface area contributed by atoms with E-state index in [9.17, 15) is 9.59 Å². The van der Waals surface area contributed by atoms with Gasteiger partial charge in [0, 0.05) is 19.6 Å². The zero-order valence-electron chi connectivity index (χ0n) is 15.6. The van der Waals surface area contributed by atoms with Gasteiger partial charge in [-0.25, -0.2) is 9.59 Å². The summed E-state index contributed by atoms with van der Waals surface area (Å²) in [7, 11) is 0. The van der Waals surface area contributed by atoms with Gasteiger partial charge in [-0.1, -0.05) is 23.5 Å². The largest absolute Gasteiger partial charge is 0.482 e. The number of hydrogen-bond donors (Lipinski definition) is 0. The Balaban J connectivity index is 1.64. The Morgan fingerprint density at radius 1 is 0.714 bits per heavy atom. The third-order valence-electron chi connectivity index (χ3n) is 3.59. The second-order valence-corrected chi connectivity index (χ2v) is 7.78. The van der Waals surface area contributed by atoms with Crippen molar-refractivity contribution >= 4 is 35.5 Å². The predicted molar refractivity (Wildman–Crippen MR) is 105 cm³/mol. The van der Waals surface area contributed by atoms with Gasteiger partial charge in [0.2, 0.25) is 0 Å². The number of carbonyl (C=O) groups excluding carboxylic acids is 2. The molecular formula is C20H20O6S2. The molecule has 8 heteroatoms. The van der Waals surface area contributed by atoms with Crippen molar-refractivity contribution in [1.82, 2.24) is 0 Å². The van der Waals surface area contributed by atoms with Crippen LogP contribution in [0.3, 0.4) is 0 Å². The zero-order valence-corrected chi connectivity index (χ0v) is 17.2. The molecule has 3 rings (SSSR count). The van der Waals surface area contributed by atoms with Crippen LogP contribution in [0.1, 0.15) is 13.8 Å². The van der Waals surface area contributed by atoms with Gasteiger partial charge in [0.05, 0.1) is 13.2 Å². The Morgan fingerprint density at radius 3 is 1.54 bits per heavy atom. The van der Waals surface area contributed by atoms with Crippen LogP contribution in [0.15, 0.2) is 56.0 Å². The van der Waals surface area contributed by atoms with Crippen molar-refractivity contribution in [1.29, 1.82) is 0 Å². The van der Waals surface area contributed by atoms with E-state index < -0.39 is 0 Å². The minimum Gasteiger partial charge on any atom is -0.482 e. The Morgan fingerprint density at radius 2 is 1.14 bits per heavy atom. The zero-order chi connectivity index (χ0) is 19.9. The van der Waals surface area contributed by atoms with Gasteiger partial charge in [-0.05, 0) is 50.2 Å². The summed E-state index contributed by atoms with van der Waals surface area (Å²) in [5, 5.41) is 0. The number of ether oxygens (including phenoxy) is 4. The van der Waals surface area contributed by atoms with Gasteiger partial charge in [0.25, 0.3) is 0 Å². The van der Waals surface area contributed by atoms with E-state index in [-0.39, 0.29) is 25.2 Å². The summed E-state index contributed by atoms with van der Waals surface area (Å²) in [5.41, 5.74) is 0. The first-order valence-electron chi connectivity index (χ1n) is 8.79. The molecule has 0 aromatic heterocycles. The van der Waals surface area contributed by atoms with E-state index in [2.05, 4.69) is 0 Å². The van der Waals surface area contributed by atoms with Crippen LogP contribution in [-0.4, -0.2) is 38.4 Å². The van der Waals surface area contributed by atoms with Crippen molar-refractivity contribution < 1.29 is 28.5 Å². The lowest BCUT2D eigenvalue weighted by atomic mass is 10.3. The first kappa shape index (κ1) is 20.4. The number of benzene rings is 2. The van der Waals surface area contributed by atoms with Crippen LogP contribution >= 0.6 is 23.5 Å². The highest BCUT2D eigenvalue weighted by Gasteiger charge is 2.19. The van der Waals surface area contributed by atoms with Crippen LogP contribution < -0.4 is 9.47 Å². The molecule has 6 nitrogen and oxygen atoms in total. The molecule has 1 aliphatic heterocycles. The van der Waals surface area contributed by atoms with E-state index in [0.29, 0.717) is 24.7 Å². The molecule has 0 fully saturated rings. The van der Waals surface area contributed by atoms with Gasteiger partial charge in [0.15, 0.2) is 13.2 Å². The molecule has 0 bridgehead atoms. The van der Waals surface area contributed by atoms with Crippen molar-refractivity contribution in [2.45, 2.75) is 33.4 Å². The standard InChI is InChI=1S/C20H20O6S2/c1-3-23-19(21)11-25-13-5-7-15-17(9-13)27-16-8-6-14(10-18(16)28-15)26-12-20(22)24-4-2/h5-10H,3-4,11-12H2,1-2H3. The molecule has 1 aliphatic rings. The van der Waals surface area contributed by atoms with E-state index in [1.165, 1.54) is 0 Å². The summed E-state index contributed by atoms with van der Waals surface area (Å²) in [5.74, 6) is 0.473. The Kier molecular flexibility index (Phi) is 7.11. The highest BCUT2D eigenvalue weighted by Crippen LogP contribution is 2.50. The average molecular weight is 421 g/mol. The number of rotatable bonds is 8. The molecule has 2 aromatic rings. The topological polar surface area (TPSA) is 71.1 Å². The maximum absolute atomic E-state index is 11.4. The number of esters is 2. The third kappa shape index (κ3) is 5.36. The minimum atomic E-state index is -0.386. The summed E-state index contributed by atoms with van der Waals surface area (Å²) in [6, 6.07) is 11.4. The summed E-state index contributed by atoms with van der Waals surface area (Å²) < 4.78 is 20.7. The lowest BCUT2D eigenvalue weighted by Gasteiger charge is -2.19. The highest BCUT2D eigenvalue weighted by atomic mass is 32.2. The third-order valence-corrected chi connectivity index (χ3v) is 6.12. The van der Waals surface area contributed by atoms with Gasteiger partial charge in [-0.3, -0.25) is 0 Å². The Labute approximate surface area is 171 Å². The molecule has 2 aromatic carbocycles. The lowest BCUT2D eigenvalue weighted by molar-refractivity contribution is -0.146. The minimum absolute atomic E-state index is 0.109. The molecule has 0 amide bonds. The van der Waals surface area contributed by atoms with Crippen LogP contribution in [0.4, 0.5) is 0 Å². The lowest BCUT2D eigenvalue weighted by Crippen LogP contribution is -2.14. The van der Waals surface area contributed by atoms with Crippen LogP contribution in [0.25, 0.3) is 0 Å². The van der Waals surface area contributed by atoms with E-state index in [1.54, 1.807) is 37.4 Å². The summed E-state index contributed by atoms with van der Waals surface area (Å²) in [6.07, 6.45) is 0. The molecule has 148 valence electrons. The van der Waals surface area contributed by atoms with Gasteiger partial charge < -0.3 is 18.9 Å². The fourth-order valence-electron chi connectivity index (χ4n) is 2.41. The van der Waals surface area contributed by atoms with E-state index in [4.69, 9.17) is 18.9 Å². The quantitative estimate of drug-likeness (QED) is 0.503. The smallest absolute Gasteiger partial charge is 0.344 e. The Hall–Kier alpha value is -2.32. The van der Waals surface area contributed by atoms with Crippen LogP contribution in [0.2, 0.25) is 0 Å². The van der Waals surface area contributed by atoms with Crippen LogP contribution in [-0.2, 0) is 19.1 Å².